The summed E-state index contributed by atoms with van der Waals surface area (Å²) in [6.07, 6.45) is 1.85. The predicted octanol–water partition coefficient (Wildman–Crippen LogP) is 5.06. The van der Waals surface area contributed by atoms with E-state index in [9.17, 15) is 0 Å². The van der Waals surface area contributed by atoms with Crippen LogP contribution in [0.3, 0.4) is 0 Å². The molecule has 0 bridgehead atoms. The molecule has 0 aliphatic carbocycles. The molecule has 1 unspecified atom stereocenters. The summed E-state index contributed by atoms with van der Waals surface area (Å²) in [5, 5.41) is 6.25. The van der Waals surface area contributed by atoms with Gasteiger partial charge in [0, 0.05) is 47.1 Å². The molecule has 4 rings (SSSR count). The molecule has 1 N–H and O–H groups in total. The van der Waals surface area contributed by atoms with E-state index < -0.39 is 0 Å². The largest absolute Gasteiger partial charge is 0.341 e. The number of nitrogens with zero attached hydrogens (tertiary/aromatic N) is 2. The van der Waals surface area contributed by atoms with Gasteiger partial charge in [-0.05, 0) is 49.7 Å². The predicted molar refractivity (Wildman–Crippen MR) is 105 cm³/mol. The van der Waals surface area contributed by atoms with Gasteiger partial charge in [0.2, 0.25) is 0 Å². The minimum absolute atomic E-state index is 0.230. The molecule has 2 aromatic heterocycles. The van der Waals surface area contributed by atoms with Crippen molar-refractivity contribution < 1.29 is 0 Å². The maximum absolute atomic E-state index is 4.43. The van der Waals surface area contributed by atoms with Crippen LogP contribution in [0.25, 0.3) is 21.8 Å². The lowest BCUT2D eigenvalue weighted by atomic mass is 10.1. The van der Waals surface area contributed by atoms with Crippen molar-refractivity contribution >= 4 is 21.8 Å². The van der Waals surface area contributed by atoms with Crippen LogP contribution in [0, 0.1) is 0 Å². The van der Waals surface area contributed by atoms with Crippen LogP contribution in [0.1, 0.15) is 31.1 Å². The summed E-state index contributed by atoms with van der Waals surface area (Å²) in [4.78, 5) is 4.43. The molecule has 0 saturated carbocycles. The van der Waals surface area contributed by atoms with Gasteiger partial charge in [0.05, 0.1) is 5.69 Å². The topological polar surface area (TPSA) is 29.9 Å². The van der Waals surface area contributed by atoms with Gasteiger partial charge in [-0.25, -0.2) is 0 Å². The standard InChI is InChI=1S/C22H23N3/c1-3-25-21-10-5-4-8-18(21)19-14-17(11-12-22(19)25)15-24-16(2)20-9-6-7-13-23-20/h4-14,16,24H,3,15H2,1-2H3. The lowest BCUT2D eigenvalue weighted by molar-refractivity contribution is 0.562. The average molecular weight is 329 g/mol. The second kappa shape index (κ2) is 6.69. The fourth-order valence-electron chi connectivity index (χ4n) is 3.56. The fraction of sp³-hybridized carbons (Fsp3) is 0.227. The summed E-state index contributed by atoms with van der Waals surface area (Å²) in [5.41, 5.74) is 5.00. The highest BCUT2D eigenvalue weighted by atomic mass is 15.0. The molecule has 25 heavy (non-hydrogen) atoms. The number of pyridine rings is 1. The Hall–Kier alpha value is -2.65. The van der Waals surface area contributed by atoms with E-state index in [2.05, 4.69) is 77.2 Å². The smallest absolute Gasteiger partial charge is 0.0570 e. The van der Waals surface area contributed by atoms with Crippen molar-refractivity contribution in [2.45, 2.75) is 33.0 Å². The number of aryl methyl sites for hydroxylation is 1. The molecular weight excluding hydrogens is 306 g/mol. The summed E-state index contributed by atoms with van der Waals surface area (Å²) >= 11 is 0. The monoisotopic (exact) mass is 329 g/mol. The van der Waals surface area contributed by atoms with Gasteiger partial charge < -0.3 is 9.88 Å². The van der Waals surface area contributed by atoms with E-state index in [-0.39, 0.29) is 6.04 Å². The first-order chi connectivity index (χ1) is 12.3. The lowest BCUT2D eigenvalue weighted by Gasteiger charge is -2.13. The first kappa shape index (κ1) is 15.9. The van der Waals surface area contributed by atoms with Crippen molar-refractivity contribution in [3.63, 3.8) is 0 Å². The molecule has 126 valence electrons. The number of hydrogen-bond donors (Lipinski definition) is 1. The zero-order valence-electron chi connectivity index (χ0n) is 14.7. The zero-order valence-corrected chi connectivity index (χ0v) is 14.7. The molecule has 3 heteroatoms. The van der Waals surface area contributed by atoms with E-state index in [0.29, 0.717) is 0 Å². The molecule has 1 atom stereocenters. The van der Waals surface area contributed by atoms with Gasteiger partial charge in [-0.1, -0.05) is 30.3 Å². The molecule has 0 fully saturated rings. The van der Waals surface area contributed by atoms with E-state index in [1.807, 2.05) is 18.3 Å². The molecule has 0 aliphatic heterocycles. The van der Waals surface area contributed by atoms with Crippen molar-refractivity contribution in [2.24, 2.45) is 0 Å². The molecule has 3 nitrogen and oxygen atoms in total. The second-order valence-corrected chi connectivity index (χ2v) is 6.47. The normalized spacial score (nSPS) is 12.7. The molecule has 0 spiro atoms. The van der Waals surface area contributed by atoms with E-state index in [1.54, 1.807) is 0 Å². The van der Waals surface area contributed by atoms with Gasteiger partial charge in [0.25, 0.3) is 0 Å². The molecular formula is C22H23N3. The number of nitrogens with one attached hydrogen (secondary N) is 1. The van der Waals surface area contributed by atoms with E-state index >= 15 is 0 Å². The van der Waals surface area contributed by atoms with Gasteiger partial charge >= 0.3 is 0 Å². The third-order valence-corrected chi connectivity index (χ3v) is 4.90. The maximum atomic E-state index is 4.43. The van der Waals surface area contributed by atoms with Crippen molar-refractivity contribution in [3.8, 4) is 0 Å². The highest BCUT2D eigenvalue weighted by Gasteiger charge is 2.10. The van der Waals surface area contributed by atoms with Crippen LogP contribution in [0.2, 0.25) is 0 Å². The highest BCUT2D eigenvalue weighted by molar-refractivity contribution is 6.08. The van der Waals surface area contributed by atoms with E-state index in [4.69, 9.17) is 0 Å². The zero-order chi connectivity index (χ0) is 17.2. The van der Waals surface area contributed by atoms with Crippen molar-refractivity contribution in [3.05, 3.63) is 78.1 Å². The summed E-state index contributed by atoms with van der Waals surface area (Å²) in [5.74, 6) is 0. The van der Waals surface area contributed by atoms with Gasteiger partial charge in [0.15, 0.2) is 0 Å². The second-order valence-electron chi connectivity index (χ2n) is 6.47. The summed E-state index contributed by atoms with van der Waals surface area (Å²) in [6.45, 7) is 6.18. The Morgan fingerprint density at radius 1 is 0.960 bits per heavy atom. The van der Waals surface area contributed by atoms with Gasteiger partial charge in [0.1, 0.15) is 0 Å². The quantitative estimate of drug-likeness (QED) is 0.554. The Morgan fingerprint density at radius 3 is 2.56 bits per heavy atom. The van der Waals surface area contributed by atoms with Crippen LogP contribution in [0.5, 0.6) is 0 Å². The molecule has 0 amide bonds. The Balaban J connectivity index is 1.64. The maximum Gasteiger partial charge on any atom is 0.0570 e. The number of benzene rings is 2. The average Bonchev–Trinajstić information content (AvgIpc) is 3.00. The summed E-state index contributed by atoms with van der Waals surface area (Å²) in [6, 6.07) is 21.7. The number of aromatic nitrogens is 2. The Bertz CT molecular complexity index is 1000. The van der Waals surface area contributed by atoms with Gasteiger partial charge in [-0.3, -0.25) is 4.98 Å². The lowest BCUT2D eigenvalue weighted by Crippen LogP contribution is -2.18. The van der Waals surface area contributed by atoms with Crippen molar-refractivity contribution in [1.82, 2.24) is 14.9 Å². The van der Waals surface area contributed by atoms with Crippen LogP contribution >= 0.6 is 0 Å². The number of para-hydroxylation sites is 1. The van der Waals surface area contributed by atoms with Crippen molar-refractivity contribution in [1.29, 1.82) is 0 Å². The van der Waals surface area contributed by atoms with Crippen LogP contribution in [0.4, 0.5) is 0 Å². The molecule has 0 aliphatic rings. The fourth-order valence-corrected chi connectivity index (χ4v) is 3.56. The Morgan fingerprint density at radius 2 is 1.76 bits per heavy atom. The molecule has 0 radical (unpaired) electrons. The third kappa shape index (κ3) is 2.92. The molecule has 0 saturated heterocycles. The summed E-state index contributed by atoms with van der Waals surface area (Å²) < 4.78 is 2.39. The minimum atomic E-state index is 0.230. The highest BCUT2D eigenvalue weighted by Crippen LogP contribution is 2.29. The number of hydrogen-bond acceptors (Lipinski definition) is 2. The van der Waals surface area contributed by atoms with Crippen molar-refractivity contribution in [2.75, 3.05) is 0 Å². The summed E-state index contributed by atoms with van der Waals surface area (Å²) in [7, 11) is 0. The first-order valence-corrected chi connectivity index (χ1v) is 8.92. The minimum Gasteiger partial charge on any atom is -0.341 e. The Kier molecular flexibility index (Phi) is 4.24. The molecule has 2 heterocycles. The van der Waals surface area contributed by atoms with Crippen LogP contribution < -0.4 is 5.32 Å². The molecule has 2 aromatic carbocycles. The number of rotatable bonds is 5. The van der Waals surface area contributed by atoms with Gasteiger partial charge in [-0.15, -0.1) is 0 Å². The Labute approximate surface area is 148 Å². The van der Waals surface area contributed by atoms with Gasteiger partial charge in [-0.2, -0.15) is 0 Å². The third-order valence-electron chi connectivity index (χ3n) is 4.90. The van der Waals surface area contributed by atoms with E-state index in [0.717, 1.165) is 18.8 Å². The number of fused-ring (bicyclic) bond motifs is 3. The van der Waals surface area contributed by atoms with Crippen LogP contribution in [-0.2, 0) is 13.1 Å². The van der Waals surface area contributed by atoms with Crippen LogP contribution in [-0.4, -0.2) is 9.55 Å². The SMILES string of the molecule is CCn1c2ccccc2c2cc(CNC(C)c3ccccn3)ccc21. The van der Waals surface area contributed by atoms with E-state index in [1.165, 1.54) is 27.4 Å². The molecule has 4 aromatic rings. The van der Waals surface area contributed by atoms with Crippen LogP contribution in [0.15, 0.2) is 66.9 Å². The first-order valence-electron chi connectivity index (χ1n) is 8.92.